The van der Waals surface area contributed by atoms with Gasteiger partial charge >= 0.3 is 13.7 Å². The van der Waals surface area contributed by atoms with Gasteiger partial charge in [-0.25, -0.2) is 4.68 Å². The van der Waals surface area contributed by atoms with Gasteiger partial charge in [-0.1, -0.05) is 152 Å². The van der Waals surface area contributed by atoms with Crippen LogP contribution < -0.4 is 41.0 Å². The molecule has 10 aromatic rings. The predicted octanol–water partition coefficient (Wildman–Crippen LogP) is 7.67. The number of para-hydroxylation sites is 6. The molecule has 0 aliphatic carbocycles. The topological polar surface area (TPSA) is 24.1 Å². The van der Waals surface area contributed by atoms with Crippen molar-refractivity contribution in [2.75, 3.05) is 9.62 Å². The second-order valence-electron chi connectivity index (χ2n) is 16.9. The standard InChI is InChI=1S/2C26H17BN3.CH4/c1-4-12-21-18(9-1)19-10-2-6-15-24(19)29-26-20-11-3-5-14-23(20)28-16-17-8-7-13-22(27(21)29)25(17)30(26)28;1-4-12-21-18(9-1)19-10-2-6-14-23(19)29-24-15-7-8-17-16-28-22-13-5-3-11-20(22)26(27(21)29)30(28)25(17)24;/h2*1-15H,16H2;1H4/q2*+1;. The molecule has 6 aliphatic rings. The molecule has 6 nitrogen and oxygen atoms in total. The Hall–Kier alpha value is -7.57. The molecule has 0 unspecified atom stereocenters. The first-order valence-corrected chi connectivity index (χ1v) is 21.1. The van der Waals surface area contributed by atoms with Gasteiger partial charge in [-0.3, -0.25) is 4.81 Å². The number of benzene rings is 8. The van der Waals surface area contributed by atoms with E-state index in [-0.39, 0.29) is 21.1 Å². The van der Waals surface area contributed by atoms with E-state index >= 15 is 0 Å². The summed E-state index contributed by atoms with van der Waals surface area (Å²) in [6, 6.07) is 66.9. The van der Waals surface area contributed by atoms with Gasteiger partial charge in [-0.15, -0.1) is 9.36 Å². The van der Waals surface area contributed by atoms with Crippen LogP contribution in [0.15, 0.2) is 182 Å². The van der Waals surface area contributed by atoms with Crippen LogP contribution in [-0.2, 0) is 13.1 Å². The van der Waals surface area contributed by atoms with E-state index in [1.807, 2.05) is 0 Å². The largest absolute Gasteiger partial charge is 0.452 e. The third-order valence-electron chi connectivity index (χ3n) is 14.1. The quantitative estimate of drug-likeness (QED) is 0.117. The Labute approximate surface area is 354 Å². The summed E-state index contributed by atoms with van der Waals surface area (Å²) in [4.78, 5) is 5.15. The molecule has 16 rings (SSSR count). The first-order valence-electron chi connectivity index (χ1n) is 21.1. The molecule has 8 heterocycles. The monoisotopic (exact) mass is 780 g/mol. The van der Waals surface area contributed by atoms with Gasteiger partial charge in [0.05, 0.1) is 39.7 Å². The van der Waals surface area contributed by atoms with E-state index in [4.69, 9.17) is 0 Å². The van der Waals surface area contributed by atoms with Gasteiger partial charge in [0.15, 0.2) is 5.69 Å². The van der Waals surface area contributed by atoms with Crippen molar-refractivity contribution < 1.29 is 9.36 Å². The molecule has 0 N–H and O–H groups in total. The van der Waals surface area contributed by atoms with E-state index in [1.54, 1.807) is 0 Å². The van der Waals surface area contributed by atoms with Crippen LogP contribution in [-0.4, -0.2) is 23.1 Å². The maximum absolute atomic E-state index is 2.58. The zero-order chi connectivity index (χ0) is 38.8. The summed E-state index contributed by atoms with van der Waals surface area (Å²) >= 11 is 0. The van der Waals surface area contributed by atoms with Gasteiger partial charge in [0.1, 0.15) is 11.4 Å². The number of hydrogen-bond acceptors (Lipinski definition) is 2. The minimum atomic E-state index is 0. The van der Waals surface area contributed by atoms with Crippen molar-refractivity contribution in [1.82, 2.24) is 9.36 Å². The van der Waals surface area contributed by atoms with Gasteiger partial charge in [0, 0.05) is 33.9 Å². The summed E-state index contributed by atoms with van der Waals surface area (Å²) in [7, 11) is 0. The lowest BCUT2D eigenvalue weighted by Gasteiger charge is -2.41. The molecule has 0 saturated heterocycles. The summed E-state index contributed by atoms with van der Waals surface area (Å²) in [6.45, 7) is 2.19. The first kappa shape index (κ1) is 33.3. The summed E-state index contributed by atoms with van der Waals surface area (Å²) in [5.41, 5.74) is 22.9. The molecule has 0 bridgehead atoms. The maximum atomic E-state index is 2.58. The van der Waals surface area contributed by atoms with Crippen molar-refractivity contribution in [3.05, 3.63) is 193 Å². The molecule has 0 spiro atoms. The normalized spacial score (nSPS) is 14.2. The van der Waals surface area contributed by atoms with E-state index in [9.17, 15) is 0 Å². The van der Waals surface area contributed by atoms with E-state index in [1.165, 1.54) is 111 Å². The minimum Gasteiger partial charge on any atom is -0.373 e. The smallest absolute Gasteiger partial charge is 0.373 e. The van der Waals surface area contributed by atoms with Crippen LogP contribution in [0.5, 0.6) is 0 Å². The van der Waals surface area contributed by atoms with Gasteiger partial charge in [0.2, 0.25) is 12.1 Å². The molecule has 8 aromatic carbocycles. The van der Waals surface area contributed by atoms with Crippen molar-refractivity contribution in [3.63, 3.8) is 0 Å². The lowest BCUT2D eigenvalue weighted by atomic mass is 9.44. The number of anilines is 4. The average molecular weight is 781 g/mol. The molecular weight excluding hydrogens is 742 g/mol. The Morgan fingerprint density at radius 3 is 1.82 bits per heavy atom. The van der Waals surface area contributed by atoms with E-state index < -0.39 is 0 Å². The lowest BCUT2D eigenvalue weighted by molar-refractivity contribution is -0.726. The van der Waals surface area contributed by atoms with Crippen LogP contribution in [0.4, 0.5) is 22.9 Å². The second-order valence-corrected chi connectivity index (χ2v) is 16.9. The number of nitrogens with zero attached hydrogens (tertiary/aromatic N) is 6. The highest BCUT2D eigenvalue weighted by atomic mass is 15.5. The summed E-state index contributed by atoms with van der Waals surface area (Å²) in [5.74, 6) is 1.29. The molecule has 0 saturated carbocycles. The van der Waals surface area contributed by atoms with Crippen LogP contribution >= 0.6 is 0 Å². The molecule has 2 aromatic heterocycles. The second kappa shape index (κ2) is 11.8. The van der Waals surface area contributed by atoms with E-state index in [0.29, 0.717) is 0 Å². The summed E-state index contributed by atoms with van der Waals surface area (Å²) in [5, 5.41) is 2.67. The fourth-order valence-electron chi connectivity index (χ4n) is 11.9. The SMILES string of the molecule is C.c1ccc2c(c1)B1c3c4ccccc4[n+]4n3-c3c(cccc3N1c1ccccc1-2)C4.c1ccc2c(c1)B1c3cccc4c3-[n+]3c(c5ccccc5n3C4)N1c1ccccc1-2. The van der Waals surface area contributed by atoms with Crippen molar-refractivity contribution in [2.45, 2.75) is 20.5 Å². The Balaban J connectivity index is 0.000000118. The van der Waals surface area contributed by atoms with Crippen LogP contribution in [0.25, 0.3) is 55.4 Å². The van der Waals surface area contributed by atoms with Gasteiger partial charge in [0.25, 0.3) is 5.82 Å². The fraction of sp³-hybridized carbons (Fsp3) is 0.0566. The van der Waals surface area contributed by atoms with Crippen LogP contribution in [0.2, 0.25) is 0 Å². The van der Waals surface area contributed by atoms with Gasteiger partial charge < -0.3 is 4.81 Å². The Kier molecular flexibility index (Phi) is 6.44. The third kappa shape index (κ3) is 4.01. The Bertz CT molecular complexity index is 3330. The van der Waals surface area contributed by atoms with E-state index in [2.05, 4.69) is 210 Å². The molecule has 284 valence electrons. The van der Waals surface area contributed by atoms with Crippen molar-refractivity contribution in [2.24, 2.45) is 0 Å². The number of hydrogen-bond donors (Lipinski definition) is 0. The van der Waals surface area contributed by atoms with E-state index in [0.717, 1.165) is 13.1 Å². The number of aromatic nitrogens is 4. The zero-order valence-electron chi connectivity index (χ0n) is 32.6. The van der Waals surface area contributed by atoms with Crippen molar-refractivity contribution in [1.29, 1.82) is 0 Å². The van der Waals surface area contributed by atoms with Crippen molar-refractivity contribution >= 4 is 80.4 Å². The lowest BCUT2D eigenvalue weighted by Crippen LogP contribution is -2.66. The van der Waals surface area contributed by atoms with Crippen LogP contribution in [0.3, 0.4) is 0 Å². The van der Waals surface area contributed by atoms with Crippen LogP contribution in [0, 0.1) is 0 Å². The molecule has 0 radical (unpaired) electrons. The molecule has 61 heavy (non-hydrogen) atoms. The zero-order valence-corrected chi connectivity index (χ0v) is 32.6. The molecule has 0 atom stereocenters. The molecule has 0 amide bonds. The molecule has 0 fully saturated rings. The van der Waals surface area contributed by atoms with Crippen molar-refractivity contribution in [3.8, 4) is 33.6 Å². The van der Waals surface area contributed by atoms with Crippen LogP contribution in [0.1, 0.15) is 18.6 Å². The molecule has 6 aliphatic heterocycles. The minimum absolute atomic E-state index is 0. The third-order valence-corrected chi connectivity index (χ3v) is 14.1. The Morgan fingerprint density at radius 2 is 1.03 bits per heavy atom. The highest BCUT2D eigenvalue weighted by molar-refractivity contribution is 6.92. The average Bonchev–Trinajstić information content (AvgIpc) is 4.07. The number of rotatable bonds is 0. The summed E-state index contributed by atoms with van der Waals surface area (Å²) < 4.78 is 9.87. The van der Waals surface area contributed by atoms with Gasteiger partial charge in [-0.05, 0) is 58.5 Å². The highest BCUT2D eigenvalue weighted by Gasteiger charge is 2.54. The predicted molar refractivity (Wildman–Crippen MR) is 250 cm³/mol. The first-order chi connectivity index (χ1) is 29.8. The molecular formula is C53H38B2N6+2. The summed E-state index contributed by atoms with van der Waals surface area (Å²) in [6.07, 6.45) is 0. The Morgan fingerprint density at radius 1 is 0.459 bits per heavy atom. The fourth-order valence-corrected chi connectivity index (χ4v) is 11.9. The molecule has 8 heteroatoms. The maximum Gasteiger partial charge on any atom is 0.452 e. The highest BCUT2D eigenvalue weighted by Crippen LogP contribution is 2.47. The number of fused-ring (bicyclic) bond motifs is 22. The van der Waals surface area contributed by atoms with Gasteiger partial charge in [-0.2, -0.15) is 0 Å².